The van der Waals surface area contributed by atoms with E-state index in [1.54, 1.807) is 30.3 Å². The predicted octanol–water partition coefficient (Wildman–Crippen LogP) is 3.47. The van der Waals surface area contributed by atoms with E-state index < -0.39 is 21.6 Å². The molecule has 4 rings (SSSR count). The minimum absolute atomic E-state index is 0.0396. The van der Waals surface area contributed by atoms with Crippen LogP contribution in [0.15, 0.2) is 52.2 Å². The molecule has 1 saturated carbocycles. The third-order valence-corrected chi connectivity index (χ3v) is 8.32. The second-order valence-electron chi connectivity index (χ2n) is 8.39. The normalized spacial score (nSPS) is 14.4. The Morgan fingerprint density at radius 3 is 2.34 bits per heavy atom. The highest BCUT2D eigenvalue weighted by Crippen LogP contribution is 2.33. The van der Waals surface area contributed by atoms with E-state index in [0.717, 1.165) is 12.8 Å². The van der Waals surface area contributed by atoms with Crippen molar-refractivity contribution in [1.82, 2.24) is 9.29 Å². The molecule has 0 atom stereocenters. The van der Waals surface area contributed by atoms with Gasteiger partial charge >= 0.3 is 5.97 Å². The molecule has 35 heavy (non-hydrogen) atoms. The van der Waals surface area contributed by atoms with Crippen LogP contribution >= 0.6 is 0 Å². The Morgan fingerprint density at radius 1 is 1.03 bits per heavy atom. The fraction of sp³-hybridized carbons (Fsp3) is 0.360. The van der Waals surface area contributed by atoms with E-state index in [1.807, 2.05) is 0 Å². The number of H-pyrrole nitrogens is 1. The lowest BCUT2D eigenvalue weighted by Gasteiger charge is -2.28. The van der Waals surface area contributed by atoms with Crippen LogP contribution < -0.4 is 15.0 Å². The maximum absolute atomic E-state index is 13.9. The standard InChI is InChI=1S/C25H28N2O7S/c1-32-21-13-16-12-17(24(28)26-20(16)14-22(21)33-2)15-27(18-8-4-5-9-18)35(30,31)23-11-7-6-10-19(23)25(29)34-3/h6-7,10-14,18H,4-5,8-9,15H2,1-3H3,(H,26,28). The number of methoxy groups -OCH3 is 3. The van der Waals surface area contributed by atoms with Crippen LogP contribution in [0.4, 0.5) is 0 Å². The number of hydrogen-bond acceptors (Lipinski definition) is 7. The minimum atomic E-state index is -4.13. The summed E-state index contributed by atoms with van der Waals surface area (Å²) in [5, 5.41) is 0.677. The van der Waals surface area contributed by atoms with Gasteiger partial charge in [0.05, 0.1) is 37.3 Å². The number of aromatic nitrogens is 1. The quantitative estimate of drug-likeness (QED) is 0.471. The summed E-state index contributed by atoms with van der Waals surface area (Å²) in [6.45, 7) is -0.137. The molecule has 1 aliphatic carbocycles. The van der Waals surface area contributed by atoms with Gasteiger partial charge in [-0.2, -0.15) is 4.31 Å². The van der Waals surface area contributed by atoms with Gasteiger partial charge in [-0.25, -0.2) is 13.2 Å². The summed E-state index contributed by atoms with van der Waals surface area (Å²) >= 11 is 0. The minimum Gasteiger partial charge on any atom is -0.493 e. The van der Waals surface area contributed by atoms with E-state index in [9.17, 15) is 18.0 Å². The van der Waals surface area contributed by atoms with Gasteiger partial charge in [0.2, 0.25) is 10.0 Å². The Hall–Kier alpha value is -3.37. The molecule has 2 aromatic carbocycles. The summed E-state index contributed by atoms with van der Waals surface area (Å²) in [6.07, 6.45) is 3.13. The molecule has 0 unspecified atom stereocenters. The third kappa shape index (κ3) is 4.76. The first-order valence-corrected chi connectivity index (χ1v) is 12.7. The van der Waals surface area contributed by atoms with E-state index in [-0.39, 0.29) is 28.6 Å². The van der Waals surface area contributed by atoms with Gasteiger partial charge in [0.25, 0.3) is 5.56 Å². The Balaban J connectivity index is 1.81. The molecule has 1 aromatic heterocycles. The Labute approximate surface area is 203 Å². The second kappa shape index (κ2) is 10.1. The van der Waals surface area contributed by atoms with Gasteiger partial charge in [0, 0.05) is 29.6 Å². The van der Waals surface area contributed by atoms with Gasteiger partial charge in [-0.15, -0.1) is 0 Å². The average Bonchev–Trinajstić information content (AvgIpc) is 3.40. The summed E-state index contributed by atoms with van der Waals surface area (Å²) in [6, 6.07) is 10.7. The number of nitrogens with one attached hydrogen (secondary N) is 1. The number of aromatic amines is 1. The Kier molecular flexibility index (Phi) is 7.13. The topological polar surface area (TPSA) is 115 Å². The van der Waals surface area contributed by atoms with Crippen LogP contribution in [0.25, 0.3) is 10.9 Å². The molecule has 0 amide bonds. The monoisotopic (exact) mass is 500 g/mol. The molecule has 0 radical (unpaired) electrons. The van der Waals surface area contributed by atoms with Gasteiger partial charge in [0.1, 0.15) is 0 Å². The summed E-state index contributed by atoms with van der Waals surface area (Å²) in [5.41, 5.74) is 0.393. The van der Waals surface area contributed by atoms with Gasteiger partial charge in [-0.05, 0) is 37.1 Å². The number of sulfonamides is 1. The van der Waals surface area contributed by atoms with Gasteiger partial charge in [0.15, 0.2) is 11.5 Å². The van der Waals surface area contributed by atoms with Gasteiger partial charge < -0.3 is 19.2 Å². The maximum Gasteiger partial charge on any atom is 0.339 e. The highest BCUT2D eigenvalue weighted by molar-refractivity contribution is 7.89. The third-order valence-electron chi connectivity index (χ3n) is 6.36. The molecule has 186 valence electrons. The average molecular weight is 501 g/mol. The lowest BCUT2D eigenvalue weighted by atomic mass is 10.1. The number of rotatable bonds is 8. The fourth-order valence-electron chi connectivity index (χ4n) is 4.56. The first kappa shape index (κ1) is 24.7. The molecule has 1 fully saturated rings. The molecular weight excluding hydrogens is 472 g/mol. The van der Waals surface area contributed by atoms with Crippen LogP contribution in [0.5, 0.6) is 11.5 Å². The molecule has 9 nitrogen and oxygen atoms in total. The van der Waals surface area contributed by atoms with Crippen LogP contribution in [-0.2, 0) is 21.3 Å². The van der Waals surface area contributed by atoms with Crippen molar-refractivity contribution in [1.29, 1.82) is 0 Å². The summed E-state index contributed by atoms with van der Waals surface area (Å²) in [5.74, 6) is 0.225. The molecule has 1 aliphatic rings. The zero-order valence-corrected chi connectivity index (χ0v) is 20.7. The van der Waals surface area contributed by atoms with E-state index in [1.165, 1.54) is 37.8 Å². The number of ether oxygens (including phenoxy) is 3. The van der Waals surface area contributed by atoms with Crippen LogP contribution in [0, 0.1) is 0 Å². The second-order valence-corrected chi connectivity index (χ2v) is 10.3. The SMILES string of the molecule is COC(=O)c1ccccc1S(=O)(=O)N(Cc1cc2cc(OC)c(OC)cc2[nH]c1=O)C1CCCC1. The van der Waals surface area contributed by atoms with Crippen molar-refractivity contribution in [2.24, 2.45) is 0 Å². The van der Waals surface area contributed by atoms with Crippen molar-refractivity contribution in [3.8, 4) is 11.5 Å². The first-order chi connectivity index (χ1) is 16.8. The summed E-state index contributed by atoms with van der Waals surface area (Å²) < 4.78 is 44.6. The van der Waals surface area contributed by atoms with E-state index in [4.69, 9.17) is 14.2 Å². The molecular formula is C25H28N2O7S. The number of esters is 1. The van der Waals surface area contributed by atoms with E-state index >= 15 is 0 Å². The Bertz CT molecular complexity index is 1410. The smallest absolute Gasteiger partial charge is 0.339 e. The highest BCUT2D eigenvalue weighted by atomic mass is 32.2. The van der Waals surface area contributed by atoms with Crippen LogP contribution in [0.1, 0.15) is 41.6 Å². The largest absolute Gasteiger partial charge is 0.493 e. The summed E-state index contributed by atoms with van der Waals surface area (Å²) in [7, 11) is 0.104. The summed E-state index contributed by atoms with van der Waals surface area (Å²) in [4.78, 5) is 28.0. The van der Waals surface area contributed by atoms with Crippen LogP contribution in [0.3, 0.4) is 0 Å². The zero-order chi connectivity index (χ0) is 25.2. The number of carbonyl (C=O) groups excluding carboxylic acids is 1. The zero-order valence-electron chi connectivity index (χ0n) is 19.9. The van der Waals surface area contributed by atoms with Gasteiger partial charge in [-0.3, -0.25) is 4.79 Å². The maximum atomic E-state index is 13.9. The van der Waals surface area contributed by atoms with Crippen LogP contribution in [-0.4, -0.2) is 51.0 Å². The van der Waals surface area contributed by atoms with E-state index in [0.29, 0.717) is 35.2 Å². The number of nitrogens with zero attached hydrogens (tertiary/aromatic N) is 1. The molecule has 0 aliphatic heterocycles. The number of fused-ring (bicyclic) bond motifs is 1. The lowest BCUT2D eigenvalue weighted by molar-refractivity contribution is 0.0596. The lowest BCUT2D eigenvalue weighted by Crippen LogP contribution is -2.40. The fourth-order valence-corrected chi connectivity index (χ4v) is 6.41. The van der Waals surface area contributed by atoms with Crippen molar-refractivity contribution in [3.05, 3.63) is 63.9 Å². The molecule has 0 saturated heterocycles. The van der Waals surface area contributed by atoms with Crippen molar-refractivity contribution in [3.63, 3.8) is 0 Å². The molecule has 1 N–H and O–H groups in total. The van der Waals surface area contributed by atoms with E-state index in [2.05, 4.69) is 4.98 Å². The van der Waals surface area contributed by atoms with Crippen molar-refractivity contribution >= 4 is 26.9 Å². The number of pyridine rings is 1. The van der Waals surface area contributed by atoms with Crippen molar-refractivity contribution in [2.75, 3.05) is 21.3 Å². The molecule has 1 heterocycles. The molecule has 10 heteroatoms. The molecule has 3 aromatic rings. The van der Waals surface area contributed by atoms with Gasteiger partial charge in [-0.1, -0.05) is 25.0 Å². The first-order valence-electron chi connectivity index (χ1n) is 11.3. The predicted molar refractivity (Wildman–Crippen MR) is 130 cm³/mol. The van der Waals surface area contributed by atoms with Crippen molar-refractivity contribution in [2.45, 2.75) is 43.2 Å². The Morgan fingerprint density at radius 2 is 1.69 bits per heavy atom. The molecule has 0 spiro atoms. The highest BCUT2D eigenvalue weighted by Gasteiger charge is 2.36. The molecule has 0 bridgehead atoms. The number of carbonyl (C=O) groups is 1. The van der Waals surface area contributed by atoms with Crippen molar-refractivity contribution < 1.29 is 27.4 Å². The van der Waals surface area contributed by atoms with Crippen LogP contribution in [0.2, 0.25) is 0 Å². The number of benzene rings is 2. The number of hydrogen-bond donors (Lipinski definition) is 1.